The first-order valence-electron chi connectivity index (χ1n) is 13.6. The Hall–Kier alpha value is -2.91. The molecule has 212 valence electrons. The van der Waals surface area contributed by atoms with E-state index in [1.54, 1.807) is 32.6 Å². The quantitative estimate of drug-likeness (QED) is 0.307. The summed E-state index contributed by atoms with van der Waals surface area (Å²) in [4.78, 5) is 66.1. The third kappa shape index (κ3) is 6.56. The van der Waals surface area contributed by atoms with Gasteiger partial charge in [-0.2, -0.15) is 0 Å². The largest absolute Gasteiger partial charge is 0.444 e. The van der Waals surface area contributed by atoms with Crippen LogP contribution in [0, 0.1) is 23.2 Å². The second-order valence-electron chi connectivity index (χ2n) is 12.9. The lowest BCUT2D eigenvalue weighted by molar-refractivity contribution is -0.144. The number of ketones is 1. The van der Waals surface area contributed by atoms with Crippen molar-refractivity contribution in [1.29, 1.82) is 0 Å². The molecule has 10 nitrogen and oxygen atoms in total. The third-order valence-corrected chi connectivity index (χ3v) is 8.25. The number of fused-ring (bicyclic) bond motifs is 1. The van der Waals surface area contributed by atoms with Crippen LogP contribution in [0.5, 0.6) is 0 Å². The Bertz CT molecular complexity index is 994. The van der Waals surface area contributed by atoms with Crippen LogP contribution in [0.25, 0.3) is 0 Å². The number of rotatable bonds is 9. The number of alkyl carbamates (subject to hydrolysis) is 1. The Balaban J connectivity index is 1.87. The van der Waals surface area contributed by atoms with Gasteiger partial charge in [0.25, 0.3) is 5.91 Å². The summed E-state index contributed by atoms with van der Waals surface area (Å²) in [6, 6.07) is -2.80. The maximum atomic E-state index is 14.1. The zero-order valence-corrected chi connectivity index (χ0v) is 23.6. The van der Waals surface area contributed by atoms with Crippen molar-refractivity contribution in [2.24, 2.45) is 28.9 Å². The lowest BCUT2D eigenvalue weighted by atomic mass is 9.83. The number of primary amides is 1. The molecule has 0 aromatic heterocycles. The van der Waals surface area contributed by atoms with E-state index in [-0.39, 0.29) is 35.5 Å². The maximum Gasteiger partial charge on any atom is 0.408 e. The number of likely N-dealkylation sites (tertiary alicyclic amines) is 1. The molecular weight excluding hydrogens is 488 g/mol. The topological polar surface area (TPSA) is 148 Å². The first kappa shape index (κ1) is 29.6. The average Bonchev–Trinajstić information content (AvgIpc) is 3.14. The summed E-state index contributed by atoms with van der Waals surface area (Å²) in [6.07, 6.45) is 3.99. The van der Waals surface area contributed by atoms with Crippen molar-refractivity contribution in [3.05, 3.63) is 12.2 Å². The molecule has 4 amide bonds. The van der Waals surface area contributed by atoms with Crippen LogP contribution in [-0.2, 0) is 23.9 Å². The van der Waals surface area contributed by atoms with Gasteiger partial charge >= 0.3 is 6.09 Å². The smallest absolute Gasteiger partial charge is 0.408 e. The molecule has 2 saturated carbocycles. The molecule has 5 atom stereocenters. The fourth-order valence-electron chi connectivity index (χ4n) is 6.26. The minimum Gasteiger partial charge on any atom is -0.444 e. The van der Waals surface area contributed by atoms with Gasteiger partial charge in [0, 0.05) is 6.54 Å². The molecule has 0 aromatic rings. The third-order valence-electron chi connectivity index (χ3n) is 8.25. The van der Waals surface area contributed by atoms with Crippen LogP contribution in [0.15, 0.2) is 12.2 Å². The summed E-state index contributed by atoms with van der Waals surface area (Å²) in [5.41, 5.74) is 4.94. The molecule has 1 aliphatic heterocycles. The van der Waals surface area contributed by atoms with Crippen molar-refractivity contribution in [3.63, 3.8) is 0 Å². The number of Topliss-reactive ketones (excluding diaryl/α,β-unsaturated/α-hetero) is 1. The van der Waals surface area contributed by atoms with Gasteiger partial charge in [-0.15, -0.1) is 6.58 Å². The molecular formula is C28H44N4O6. The number of nitrogens with one attached hydrogen (secondary N) is 2. The van der Waals surface area contributed by atoms with Gasteiger partial charge in [0.2, 0.25) is 17.6 Å². The fourth-order valence-corrected chi connectivity index (χ4v) is 6.26. The lowest BCUT2D eigenvalue weighted by Gasteiger charge is -2.37. The van der Waals surface area contributed by atoms with E-state index in [9.17, 15) is 24.0 Å². The van der Waals surface area contributed by atoms with Gasteiger partial charge < -0.3 is 26.0 Å². The highest BCUT2D eigenvalue weighted by atomic mass is 16.6. The maximum absolute atomic E-state index is 14.1. The zero-order chi connectivity index (χ0) is 28.6. The molecule has 10 heteroatoms. The number of carbonyl (C=O) groups is 5. The molecule has 0 radical (unpaired) electrons. The zero-order valence-electron chi connectivity index (χ0n) is 23.6. The van der Waals surface area contributed by atoms with Crippen LogP contribution in [0.1, 0.15) is 80.1 Å². The van der Waals surface area contributed by atoms with Crippen molar-refractivity contribution in [3.8, 4) is 0 Å². The van der Waals surface area contributed by atoms with Crippen molar-refractivity contribution < 1.29 is 28.7 Å². The second-order valence-corrected chi connectivity index (χ2v) is 12.9. The summed E-state index contributed by atoms with van der Waals surface area (Å²) < 4.78 is 5.46. The molecule has 2 aliphatic carbocycles. The summed E-state index contributed by atoms with van der Waals surface area (Å²) in [5.74, 6) is -2.92. The lowest BCUT2D eigenvalue weighted by Crippen LogP contribution is -2.59. The predicted molar refractivity (Wildman–Crippen MR) is 142 cm³/mol. The van der Waals surface area contributed by atoms with E-state index in [2.05, 4.69) is 31.1 Å². The molecule has 0 spiro atoms. The molecule has 0 bridgehead atoms. The van der Waals surface area contributed by atoms with Gasteiger partial charge in [0.1, 0.15) is 23.7 Å². The molecule has 0 aromatic carbocycles. The van der Waals surface area contributed by atoms with E-state index in [4.69, 9.17) is 10.5 Å². The van der Waals surface area contributed by atoms with E-state index >= 15 is 0 Å². The Morgan fingerprint density at radius 3 is 2.21 bits per heavy atom. The number of ether oxygens (including phenoxy) is 1. The highest BCUT2D eigenvalue weighted by Gasteiger charge is 2.69. The standard InChI is InChI=1S/C28H44N4O6/c1-15(2)13-18(22(33)23(29)34)30-24(35)21-19-17(28(19,6)7)14-32(21)25(36)20(16-11-9-8-10-12-16)31-26(37)38-27(3,4)5/h16-21H,1,8-14H2,2-7H3,(H2,29,34)(H,30,35)(H,31,37)/t17-,18?,19-,20+,21+/m1/s1. The van der Waals surface area contributed by atoms with Crippen LogP contribution in [0.3, 0.4) is 0 Å². The number of nitrogens with zero attached hydrogens (tertiary/aromatic N) is 1. The van der Waals surface area contributed by atoms with Gasteiger partial charge in [-0.05, 0) is 70.1 Å². The summed E-state index contributed by atoms with van der Waals surface area (Å²) >= 11 is 0. The number of nitrogens with two attached hydrogens (primary N) is 1. The Kier molecular flexibility index (Phi) is 8.63. The van der Waals surface area contributed by atoms with Gasteiger partial charge in [-0.1, -0.05) is 38.7 Å². The van der Waals surface area contributed by atoms with Crippen molar-refractivity contribution in [2.75, 3.05) is 6.54 Å². The molecule has 3 aliphatic rings. The number of amides is 4. The Morgan fingerprint density at radius 1 is 1.08 bits per heavy atom. The van der Waals surface area contributed by atoms with Crippen LogP contribution in [0.4, 0.5) is 4.79 Å². The SMILES string of the molecule is C=C(C)CC(NC(=O)[C@@H]1[C@H]2[C@@H](CN1C(=O)[C@@H](NC(=O)OC(C)(C)C)C1CCCCC1)C2(C)C)C(=O)C(N)=O. The van der Waals surface area contributed by atoms with Gasteiger partial charge in [0.05, 0.1) is 0 Å². The molecule has 1 saturated heterocycles. The van der Waals surface area contributed by atoms with Crippen LogP contribution in [0.2, 0.25) is 0 Å². The first-order chi connectivity index (χ1) is 17.5. The highest BCUT2D eigenvalue weighted by Crippen LogP contribution is 2.65. The summed E-state index contributed by atoms with van der Waals surface area (Å²) in [7, 11) is 0. The number of carbonyl (C=O) groups excluding carboxylic acids is 5. The van der Waals surface area contributed by atoms with Crippen molar-refractivity contribution in [1.82, 2.24) is 15.5 Å². The first-order valence-corrected chi connectivity index (χ1v) is 13.6. The monoisotopic (exact) mass is 532 g/mol. The molecule has 1 unspecified atom stereocenters. The van der Waals surface area contributed by atoms with E-state index in [0.29, 0.717) is 12.1 Å². The van der Waals surface area contributed by atoms with E-state index in [1.807, 2.05) is 0 Å². The number of piperidine rings is 1. The van der Waals surface area contributed by atoms with Gasteiger partial charge in [-0.3, -0.25) is 19.2 Å². The fraction of sp³-hybridized carbons (Fsp3) is 0.750. The predicted octanol–water partition coefficient (Wildman–Crippen LogP) is 2.45. The molecule has 3 fully saturated rings. The summed E-state index contributed by atoms with van der Waals surface area (Å²) in [6.45, 7) is 15.2. The minimum atomic E-state index is -1.15. The number of hydrogen-bond acceptors (Lipinski definition) is 6. The molecule has 4 N–H and O–H groups in total. The summed E-state index contributed by atoms with van der Waals surface area (Å²) in [5, 5.41) is 5.50. The Labute approximate surface area is 225 Å². The average molecular weight is 533 g/mol. The van der Waals surface area contributed by atoms with Crippen LogP contribution >= 0.6 is 0 Å². The van der Waals surface area contributed by atoms with Crippen LogP contribution in [-0.4, -0.2) is 64.8 Å². The minimum absolute atomic E-state index is 0.0648. The van der Waals surface area contributed by atoms with Crippen molar-refractivity contribution >= 4 is 29.6 Å². The van der Waals surface area contributed by atoms with E-state index in [1.165, 1.54) is 0 Å². The Morgan fingerprint density at radius 2 is 1.68 bits per heavy atom. The molecule has 38 heavy (non-hydrogen) atoms. The normalized spacial score (nSPS) is 25.9. The molecule has 3 rings (SSSR count). The molecule has 1 heterocycles. The van der Waals surface area contributed by atoms with Gasteiger partial charge in [-0.25, -0.2) is 4.79 Å². The number of hydrogen-bond donors (Lipinski definition) is 3. The second kappa shape index (κ2) is 11.1. The van der Waals surface area contributed by atoms with E-state index < -0.39 is 47.4 Å². The van der Waals surface area contributed by atoms with Crippen molar-refractivity contribution in [2.45, 2.75) is 104 Å². The van der Waals surface area contributed by atoms with Crippen LogP contribution < -0.4 is 16.4 Å². The van der Waals surface area contributed by atoms with E-state index in [0.717, 1.165) is 32.1 Å². The highest BCUT2D eigenvalue weighted by molar-refractivity contribution is 6.38. The van der Waals surface area contributed by atoms with Gasteiger partial charge in [0.15, 0.2) is 0 Å².